The van der Waals surface area contributed by atoms with Crippen LogP contribution < -0.4 is 5.32 Å². The highest BCUT2D eigenvalue weighted by Gasteiger charge is 2.19. The second-order valence-electron chi connectivity index (χ2n) is 4.25. The lowest BCUT2D eigenvalue weighted by Crippen LogP contribution is -2.30. The van der Waals surface area contributed by atoms with Gasteiger partial charge < -0.3 is 10.1 Å². The molecule has 0 aliphatic carbocycles. The summed E-state index contributed by atoms with van der Waals surface area (Å²) in [7, 11) is 0. The second-order valence-corrected chi connectivity index (χ2v) is 5.11. The fourth-order valence-corrected chi connectivity index (χ4v) is 1.95. The standard InChI is InChI=1S/C15H13BrN2O3/c1-10(21-15(20)11-6-8-17-9-7-11)14(19)18-13-5-3-2-4-12(13)16/h2-10H,1H3,(H,18,19). The van der Waals surface area contributed by atoms with Crippen molar-refractivity contribution in [3.05, 3.63) is 58.8 Å². The highest BCUT2D eigenvalue weighted by molar-refractivity contribution is 9.10. The van der Waals surface area contributed by atoms with Crippen molar-refractivity contribution in [2.75, 3.05) is 5.32 Å². The number of hydrogen-bond acceptors (Lipinski definition) is 4. The summed E-state index contributed by atoms with van der Waals surface area (Å²) in [6.07, 6.45) is 2.07. The molecule has 0 aliphatic rings. The fraction of sp³-hybridized carbons (Fsp3) is 0.133. The molecule has 0 aliphatic heterocycles. The first-order chi connectivity index (χ1) is 10.1. The van der Waals surface area contributed by atoms with Gasteiger partial charge in [0.25, 0.3) is 5.91 Å². The Balaban J connectivity index is 1.97. The lowest BCUT2D eigenvalue weighted by atomic mass is 10.2. The van der Waals surface area contributed by atoms with Gasteiger partial charge >= 0.3 is 5.97 Å². The molecule has 2 aromatic rings. The van der Waals surface area contributed by atoms with Gasteiger partial charge in [-0.15, -0.1) is 0 Å². The fourth-order valence-electron chi connectivity index (χ4n) is 1.57. The van der Waals surface area contributed by atoms with Crippen molar-refractivity contribution in [1.82, 2.24) is 4.98 Å². The van der Waals surface area contributed by atoms with Crippen LogP contribution in [0.1, 0.15) is 17.3 Å². The minimum absolute atomic E-state index is 0.352. The van der Waals surface area contributed by atoms with Crippen LogP contribution in [0.4, 0.5) is 5.69 Å². The van der Waals surface area contributed by atoms with E-state index in [1.165, 1.54) is 31.5 Å². The molecule has 0 saturated carbocycles. The first kappa shape index (κ1) is 15.2. The molecule has 1 heterocycles. The van der Waals surface area contributed by atoms with Crippen LogP contribution in [0.2, 0.25) is 0 Å². The third-order valence-electron chi connectivity index (χ3n) is 2.70. The number of carbonyl (C=O) groups excluding carboxylic acids is 2. The number of nitrogens with one attached hydrogen (secondary N) is 1. The van der Waals surface area contributed by atoms with Crippen LogP contribution in [-0.2, 0) is 9.53 Å². The molecule has 1 atom stereocenters. The largest absolute Gasteiger partial charge is 0.449 e. The van der Waals surface area contributed by atoms with E-state index >= 15 is 0 Å². The SMILES string of the molecule is CC(OC(=O)c1ccncc1)C(=O)Nc1ccccc1Br. The van der Waals surface area contributed by atoms with Crippen LogP contribution in [0.3, 0.4) is 0 Å². The highest BCUT2D eigenvalue weighted by atomic mass is 79.9. The summed E-state index contributed by atoms with van der Waals surface area (Å²) < 4.78 is 5.87. The predicted molar refractivity (Wildman–Crippen MR) is 81.9 cm³/mol. The molecule has 1 unspecified atom stereocenters. The normalized spacial score (nSPS) is 11.5. The summed E-state index contributed by atoms with van der Waals surface area (Å²) in [5.41, 5.74) is 0.972. The topological polar surface area (TPSA) is 68.3 Å². The first-order valence-corrected chi connectivity index (χ1v) is 7.03. The van der Waals surface area contributed by atoms with Crippen molar-refractivity contribution < 1.29 is 14.3 Å². The second kappa shape index (κ2) is 6.99. The number of aromatic nitrogens is 1. The number of ether oxygens (including phenoxy) is 1. The van der Waals surface area contributed by atoms with Crippen LogP contribution in [0.15, 0.2) is 53.3 Å². The number of esters is 1. The summed E-state index contributed by atoms with van der Waals surface area (Å²) in [6, 6.07) is 10.3. The number of anilines is 1. The number of para-hydroxylation sites is 1. The van der Waals surface area contributed by atoms with Gasteiger partial charge in [-0.1, -0.05) is 12.1 Å². The van der Waals surface area contributed by atoms with E-state index in [1.54, 1.807) is 12.1 Å². The molecular weight excluding hydrogens is 336 g/mol. The van der Waals surface area contributed by atoms with Gasteiger partial charge in [0.1, 0.15) is 0 Å². The number of pyridine rings is 1. The number of rotatable bonds is 4. The van der Waals surface area contributed by atoms with Gasteiger partial charge in [0.2, 0.25) is 0 Å². The molecule has 5 nitrogen and oxygen atoms in total. The third kappa shape index (κ3) is 4.13. The van der Waals surface area contributed by atoms with Crippen molar-refractivity contribution in [3.8, 4) is 0 Å². The molecule has 1 N–H and O–H groups in total. The molecule has 0 saturated heterocycles. The van der Waals surface area contributed by atoms with Gasteiger partial charge in [-0.2, -0.15) is 0 Å². The summed E-state index contributed by atoms with van der Waals surface area (Å²) in [4.78, 5) is 27.7. The molecule has 6 heteroatoms. The molecule has 0 bridgehead atoms. The lowest BCUT2D eigenvalue weighted by Gasteiger charge is -2.14. The quantitative estimate of drug-likeness (QED) is 0.862. The van der Waals surface area contributed by atoms with Gasteiger partial charge in [-0.05, 0) is 47.1 Å². The van der Waals surface area contributed by atoms with Crippen LogP contribution in [0.5, 0.6) is 0 Å². The van der Waals surface area contributed by atoms with Crippen molar-refractivity contribution in [2.24, 2.45) is 0 Å². The van der Waals surface area contributed by atoms with Crippen molar-refractivity contribution >= 4 is 33.5 Å². The molecule has 0 spiro atoms. The maximum absolute atomic E-state index is 12.0. The van der Waals surface area contributed by atoms with E-state index in [2.05, 4.69) is 26.2 Å². The molecule has 2 rings (SSSR count). The molecule has 108 valence electrons. The van der Waals surface area contributed by atoms with Gasteiger partial charge in [0, 0.05) is 16.9 Å². The van der Waals surface area contributed by atoms with E-state index < -0.39 is 18.0 Å². The molecule has 1 amide bonds. The Kier molecular flexibility index (Phi) is 5.05. The Labute approximate surface area is 130 Å². The van der Waals surface area contributed by atoms with Gasteiger partial charge in [0.05, 0.1) is 11.3 Å². The van der Waals surface area contributed by atoms with Crippen LogP contribution in [-0.4, -0.2) is 23.0 Å². The van der Waals surface area contributed by atoms with E-state index in [1.807, 2.05) is 12.1 Å². The predicted octanol–water partition coefficient (Wildman–Crippen LogP) is 3.03. The summed E-state index contributed by atoms with van der Waals surface area (Å²) in [6.45, 7) is 1.52. The molecule has 0 radical (unpaired) electrons. The average Bonchev–Trinajstić information content (AvgIpc) is 2.50. The van der Waals surface area contributed by atoms with Crippen LogP contribution >= 0.6 is 15.9 Å². The third-order valence-corrected chi connectivity index (χ3v) is 3.39. The summed E-state index contributed by atoms with van der Waals surface area (Å²) >= 11 is 3.33. The Bertz CT molecular complexity index is 646. The van der Waals surface area contributed by atoms with Crippen molar-refractivity contribution in [1.29, 1.82) is 0 Å². The minimum Gasteiger partial charge on any atom is -0.449 e. The van der Waals surface area contributed by atoms with Crippen LogP contribution in [0, 0.1) is 0 Å². The van der Waals surface area contributed by atoms with E-state index in [4.69, 9.17) is 4.74 Å². The van der Waals surface area contributed by atoms with Gasteiger partial charge in [-0.25, -0.2) is 4.79 Å². The zero-order chi connectivity index (χ0) is 15.2. The van der Waals surface area contributed by atoms with Gasteiger partial charge in [0.15, 0.2) is 6.10 Å². The Hall–Kier alpha value is -2.21. The molecule has 21 heavy (non-hydrogen) atoms. The smallest absolute Gasteiger partial charge is 0.339 e. The number of hydrogen-bond donors (Lipinski definition) is 1. The number of amides is 1. The van der Waals surface area contributed by atoms with Crippen LogP contribution in [0.25, 0.3) is 0 Å². The van der Waals surface area contributed by atoms with E-state index in [9.17, 15) is 9.59 Å². The maximum Gasteiger partial charge on any atom is 0.339 e. The average molecular weight is 349 g/mol. The van der Waals surface area contributed by atoms with E-state index in [0.717, 1.165) is 4.47 Å². The Morgan fingerprint density at radius 3 is 2.52 bits per heavy atom. The first-order valence-electron chi connectivity index (χ1n) is 6.24. The lowest BCUT2D eigenvalue weighted by molar-refractivity contribution is -0.123. The summed E-state index contributed by atoms with van der Waals surface area (Å²) in [5.74, 6) is -0.962. The molecule has 0 fully saturated rings. The monoisotopic (exact) mass is 348 g/mol. The minimum atomic E-state index is -0.905. The highest BCUT2D eigenvalue weighted by Crippen LogP contribution is 2.21. The Morgan fingerprint density at radius 2 is 1.86 bits per heavy atom. The molecule has 1 aromatic carbocycles. The van der Waals surface area contributed by atoms with Gasteiger partial charge in [-0.3, -0.25) is 9.78 Å². The zero-order valence-corrected chi connectivity index (χ0v) is 12.8. The van der Waals surface area contributed by atoms with Crippen molar-refractivity contribution in [2.45, 2.75) is 13.0 Å². The van der Waals surface area contributed by atoms with E-state index in [-0.39, 0.29) is 0 Å². The number of nitrogens with zero attached hydrogens (tertiary/aromatic N) is 1. The zero-order valence-electron chi connectivity index (χ0n) is 11.2. The summed E-state index contributed by atoms with van der Waals surface area (Å²) in [5, 5.41) is 2.69. The number of benzene rings is 1. The maximum atomic E-state index is 12.0. The molecular formula is C15H13BrN2O3. The number of carbonyl (C=O) groups is 2. The van der Waals surface area contributed by atoms with E-state index in [0.29, 0.717) is 11.3 Å². The van der Waals surface area contributed by atoms with Crippen molar-refractivity contribution in [3.63, 3.8) is 0 Å². The molecule has 1 aromatic heterocycles. The number of halogens is 1. The Morgan fingerprint density at radius 1 is 1.19 bits per heavy atom.